The number of aromatic nitrogens is 3. The lowest BCUT2D eigenvalue weighted by molar-refractivity contribution is -0.233. The van der Waals surface area contributed by atoms with Gasteiger partial charge in [-0.3, -0.25) is 9.13 Å². The summed E-state index contributed by atoms with van der Waals surface area (Å²) in [5.74, 6) is -3.88. The zero-order valence-electron chi connectivity index (χ0n) is 19.6. The van der Waals surface area contributed by atoms with E-state index in [1.807, 2.05) is 0 Å². The Morgan fingerprint density at radius 2 is 1.89 bits per heavy atom. The minimum Gasteiger partial charge on any atom is -0.467 e. The van der Waals surface area contributed by atoms with Crippen LogP contribution in [0.5, 0.6) is 6.01 Å². The number of methoxy groups -OCH3 is 1. The summed E-state index contributed by atoms with van der Waals surface area (Å²) < 4.78 is 40.3. The van der Waals surface area contributed by atoms with E-state index in [0.29, 0.717) is 16.9 Å². The van der Waals surface area contributed by atoms with Crippen LogP contribution in [0.3, 0.4) is 0 Å². The molecule has 36 heavy (non-hydrogen) atoms. The summed E-state index contributed by atoms with van der Waals surface area (Å²) in [5, 5.41) is 35.1. The van der Waals surface area contributed by atoms with E-state index in [2.05, 4.69) is 19.8 Å². The molecule has 0 amide bonds. The first-order valence-electron chi connectivity index (χ1n) is 11.2. The maximum Gasteiger partial charge on any atom is 0.340 e. The molecule has 7 N–H and O–H groups in total. The second-order valence-electron chi connectivity index (χ2n) is 9.09. The van der Waals surface area contributed by atoms with Crippen LogP contribution in [0.2, 0.25) is 0 Å². The highest BCUT2D eigenvalue weighted by Gasteiger charge is 2.56. The minimum atomic E-state index is -4.89. The molecule has 2 aromatic heterocycles. The third-order valence-electron chi connectivity index (χ3n) is 6.30. The Morgan fingerprint density at radius 3 is 2.50 bits per heavy atom. The summed E-state index contributed by atoms with van der Waals surface area (Å²) in [5.41, 5.74) is 1.16. The molecule has 15 nitrogen and oxygen atoms in total. The van der Waals surface area contributed by atoms with E-state index in [4.69, 9.17) is 19.3 Å². The Morgan fingerprint density at radius 1 is 1.22 bits per heavy atom. The number of anilines is 1. The number of fused-ring (bicyclic) bond motifs is 1. The molecule has 1 unspecified atom stereocenters. The normalized spacial score (nSPS) is 26.4. The number of nitrogens with one attached hydrogen (secondary N) is 1. The second-order valence-corrected chi connectivity index (χ2v) is 13.1. The molecule has 1 aliphatic heterocycles. The number of ether oxygens (including phenoxy) is 2. The van der Waals surface area contributed by atoms with Crippen LogP contribution in [0.1, 0.15) is 37.4 Å². The van der Waals surface area contributed by atoms with Gasteiger partial charge >= 0.3 is 21.2 Å². The zero-order chi connectivity index (χ0) is 26.5. The van der Waals surface area contributed by atoms with E-state index < -0.39 is 51.8 Å². The largest absolute Gasteiger partial charge is 0.467 e. The number of hydrogen-bond donors (Lipinski definition) is 7. The lowest BCUT2D eigenvalue weighted by Crippen LogP contribution is -2.48. The molecule has 3 heterocycles. The summed E-state index contributed by atoms with van der Waals surface area (Å²) in [6.45, 7) is -0.939. The first-order valence-corrected chi connectivity index (χ1v) is 14.7. The summed E-state index contributed by atoms with van der Waals surface area (Å²) >= 11 is 0. The van der Waals surface area contributed by atoms with E-state index in [0.717, 1.165) is 25.7 Å². The molecule has 0 bridgehead atoms. The van der Waals surface area contributed by atoms with Crippen molar-refractivity contribution in [3.8, 4) is 6.01 Å². The highest BCUT2D eigenvalue weighted by Crippen LogP contribution is 2.56. The summed E-state index contributed by atoms with van der Waals surface area (Å²) in [6, 6.07) is 0.256. The Kier molecular flexibility index (Phi) is 7.54. The van der Waals surface area contributed by atoms with Crippen LogP contribution in [0.25, 0.3) is 11.0 Å². The van der Waals surface area contributed by atoms with Gasteiger partial charge in [-0.05, 0) is 12.8 Å². The molecule has 1 aliphatic carbocycles. The van der Waals surface area contributed by atoms with E-state index in [9.17, 15) is 29.3 Å². The summed E-state index contributed by atoms with van der Waals surface area (Å²) in [4.78, 5) is 36.4. The first-order chi connectivity index (χ1) is 16.7. The fourth-order valence-corrected chi connectivity index (χ4v) is 7.15. The Bertz CT molecular complexity index is 1210. The van der Waals surface area contributed by atoms with Gasteiger partial charge in [0.15, 0.2) is 11.7 Å². The lowest BCUT2D eigenvalue weighted by atomic mass is 10.00. The Balaban J connectivity index is 1.64. The third-order valence-corrected chi connectivity index (χ3v) is 9.76. The average molecular weight is 552 g/mol. The molecule has 1 saturated carbocycles. The molecule has 4 rings (SSSR count). The summed E-state index contributed by atoms with van der Waals surface area (Å²) in [7, 11) is -6.57. The number of aliphatic hydroxyl groups is 3. The fourth-order valence-electron chi connectivity index (χ4n) is 4.60. The number of rotatable bonds is 9. The van der Waals surface area contributed by atoms with Gasteiger partial charge in [-0.25, -0.2) is 0 Å². The van der Waals surface area contributed by atoms with E-state index in [1.165, 1.54) is 7.11 Å². The monoisotopic (exact) mass is 552 g/mol. The number of aryl methyl sites for hydroxylation is 1. The van der Waals surface area contributed by atoms with Crippen molar-refractivity contribution in [3.05, 3.63) is 11.8 Å². The van der Waals surface area contributed by atoms with Crippen molar-refractivity contribution in [1.29, 1.82) is 0 Å². The molecule has 202 valence electrons. The second kappa shape index (κ2) is 9.91. The predicted molar refractivity (Wildman–Crippen MR) is 124 cm³/mol. The smallest absolute Gasteiger partial charge is 0.340 e. The standard InChI is InChI=1S/C19H30N4O11P2/c1-23-7-11(13-14(23)17(22-18(21-13)32-2)20-10-5-3-4-6-10)15-16(24)19(25,26)12(34-15)8-33-36(30,31)9-35(27,28)29/h7,10,12,15-16,24-26H,3-6,8-9H2,1-2H3,(H,30,31)(H,20,21,22)(H2,27,28,29)/t12-,15+,16+/m1/s1. The van der Waals surface area contributed by atoms with Crippen LogP contribution < -0.4 is 10.1 Å². The molecule has 2 aliphatic rings. The van der Waals surface area contributed by atoms with Gasteiger partial charge in [-0.15, -0.1) is 0 Å². The molecule has 2 fully saturated rings. The maximum absolute atomic E-state index is 12.0. The van der Waals surface area contributed by atoms with Gasteiger partial charge in [0, 0.05) is 24.8 Å². The summed E-state index contributed by atoms with van der Waals surface area (Å²) in [6.07, 6.45) is 0.714. The molecule has 0 radical (unpaired) electrons. The van der Waals surface area contributed by atoms with Crippen molar-refractivity contribution in [2.24, 2.45) is 7.05 Å². The highest BCUT2D eigenvalue weighted by molar-refractivity contribution is 7.70. The molecule has 0 aromatic carbocycles. The molecular weight excluding hydrogens is 522 g/mol. The van der Waals surface area contributed by atoms with Crippen LogP contribution in [0, 0.1) is 0 Å². The van der Waals surface area contributed by atoms with Crippen molar-refractivity contribution in [3.63, 3.8) is 0 Å². The molecular formula is C19H30N4O11P2. The number of aliphatic hydroxyl groups excluding tert-OH is 1. The van der Waals surface area contributed by atoms with E-state index in [1.54, 1.807) is 17.8 Å². The SMILES string of the molecule is COc1nc(NC2CCCC2)c2c(n1)c([C@@H]1O[C@H](COP(=O)(O)CP(=O)(O)O)C(O)(O)[C@H]1O)cn2C. The van der Waals surface area contributed by atoms with Gasteiger partial charge in [0.05, 0.1) is 13.7 Å². The zero-order valence-corrected chi connectivity index (χ0v) is 21.4. The Hall–Kier alpha value is -1.64. The molecule has 4 atom stereocenters. The first kappa shape index (κ1) is 27.4. The third kappa shape index (κ3) is 5.60. The van der Waals surface area contributed by atoms with Gasteiger partial charge in [-0.2, -0.15) is 9.97 Å². The van der Waals surface area contributed by atoms with Crippen molar-refractivity contribution in [1.82, 2.24) is 14.5 Å². The quantitative estimate of drug-likeness (QED) is 0.162. The lowest BCUT2D eigenvalue weighted by Gasteiger charge is -2.25. The Labute approximate surface area is 205 Å². The predicted octanol–water partition coefficient (Wildman–Crippen LogP) is 0.150. The van der Waals surface area contributed by atoms with Gasteiger partial charge in [0.1, 0.15) is 29.3 Å². The fraction of sp³-hybridized carbons (Fsp3) is 0.684. The number of hydrogen-bond acceptors (Lipinski definition) is 11. The highest BCUT2D eigenvalue weighted by atomic mass is 31.2. The van der Waals surface area contributed by atoms with Crippen LogP contribution in [-0.2, 0) is 25.4 Å². The van der Waals surface area contributed by atoms with Gasteiger partial charge < -0.3 is 53.9 Å². The van der Waals surface area contributed by atoms with Gasteiger partial charge in [-0.1, -0.05) is 12.8 Å². The van der Waals surface area contributed by atoms with Crippen molar-refractivity contribution >= 4 is 32.0 Å². The van der Waals surface area contributed by atoms with Crippen molar-refractivity contribution in [2.45, 2.75) is 55.8 Å². The van der Waals surface area contributed by atoms with E-state index >= 15 is 0 Å². The van der Waals surface area contributed by atoms with Crippen molar-refractivity contribution < 1.29 is 53.1 Å². The van der Waals surface area contributed by atoms with E-state index in [-0.39, 0.29) is 17.6 Å². The van der Waals surface area contributed by atoms with Crippen LogP contribution in [0.15, 0.2) is 6.20 Å². The average Bonchev–Trinajstić information content (AvgIpc) is 3.44. The van der Waals surface area contributed by atoms with Crippen molar-refractivity contribution in [2.75, 3.05) is 24.9 Å². The maximum atomic E-state index is 12.0. The molecule has 17 heteroatoms. The molecule has 2 aromatic rings. The molecule has 1 saturated heterocycles. The van der Waals surface area contributed by atoms with Gasteiger partial charge in [0.2, 0.25) is 5.79 Å². The van der Waals surface area contributed by atoms with Crippen LogP contribution in [-0.4, -0.2) is 88.2 Å². The minimum absolute atomic E-state index is 0.0423. The molecule has 0 spiro atoms. The topological polar surface area (TPSA) is 226 Å². The van der Waals surface area contributed by atoms with Gasteiger partial charge in [0.25, 0.3) is 0 Å². The van der Waals surface area contributed by atoms with Crippen LogP contribution in [0.4, 0.5) is 5.82 Å². The van der Waals surface area contributed by atoms with Crippen LogP contribution >= 0.6 is 15.2 Å². The number of nitrogens with zero attached hydrogens (tertiary/aromatic N) is 3.